The number of hydrogen-bond donors (Lipinski definition) is 0. The lowest BCUT2D eigenvalue weighted by molar-refractivity contribution is -0.165. The van der Waals surface area contributed by atoms with Crippen molar-refractivity contribution in [2.45, 2.75) is 55.8 Å². The molecular formula is C44H41F3N2O4S2. The molecule has 0 atom stereocenters. The van der Waals surface area contributed by atoms with Crippen molar-refractivity contribution in [1.29, 1.82) is 0 Å². The quantitative estimate of drug-likeness (QED) is 0.0764. The van der Waals surface area contributed by atoms with Gasteiger partial charge in [0.2, 0.25) is 5.91 Å². The lowest BCUT2D eigenvalue weighted by atomic mass is 9.73. The molecule has 6 aromatic rings. The molecular weight excluding hydrogens is 742 g/mol. The van der Waals surface area contributed by atoms with E-state index < -0.39 is 24.0 Å². The Morgan fingerprint density at radius 2 is 1.55 bits per heavy atom. The third-order valence-corrected chi connectivity index (χ3v) is 12.1. The number of carbonyl (C=O) groups excluding carboxylic acids is 1. The van der Waals surface area contributed by atoms with Crippen molar-refractivity contribution in [2.24, 2.45) is 0 Å². The number of benzene rings is 5. The van der Waals surface area contributed by atoms with Crippen molar-refractivity contribution in [1.82, 2.24) is 9.88 Å². The summed E-state index contributed by atoms with van der Waals surface area (Å²) in [5, 5.41) is 0. The van der Waals surface area contributed by atoms with E-state index in [4.69, 9.17) is 19.2 Å². The highest BCUT2D eigenvalue weighted by Gasteiger charge is 2.51. The fourth-order valence-corrected chi connectivity index (χ4v) is 9.43. The second kappa shape index (κ2) is 16.4. The number of halogens is 3. The summed E-state index contributed by atoms with van der Waals surface area (Å²) in [6.07, 6.45) is -3.79. The van der Waals surface area contributed by atoms with Crippen LogP contribution in [-0.2, 0) is 23.4 Å². The number of hydrogen-bond acceptors (Lipinski definition) is 7. The van der Waals surface area contributed by atoms with Gasteiger partial charge in [0.05, 0.1) is 23.9 Å². The zero-order valence-electron chi connectivity index (χ0n) is 30.8. The molecule has 0 fully saturated rings. The van der Waals surface area contributed by atoms with Crippen molar-refractivity contribution in [3.63, 3.8) is 0 Å². The van der Waals surface area contributed by atoms with Crippen LogP contribution in [0, 0.1) is 6.92 Å². The van der Waals surface area contributed by atoms with Gasteiger partial charge in [-0.2, -0.15) is 13.2 Å². The first-order valence-corrected chi connectivity index (χ1v) is 19.9. The number of nitrogens with zero attached hydrogens (tertiary/aromatic N) is 2. The number of amides is 1. The third-order valence-electron chi connectivity index (χ3n) is 9.81. The molecule has 7 rings (SSSR count). The number of thioether (sulfide) groups is 1. The zero-order valence-corrected chi connectivity index (χ0v) is 32.5. The van der Waals surface area contributed by atoms with E-state index in [2.05, 4.69) is 0 Å². The maximum atomic E-state index is 15.2. The molecule has 0 saturated carbocycles. The first-order chi connectivity index (χ1) is 26.6. The molecule has 0 unspecified atom stereocenters. The summed E-state index contributed by atoms with van der Waals surface area (Å²) >= 11 is 3.16. The van der Waals surface area contributed by atoms with Gasteiger partial charge in [0.1, 0.15) is 35.8 Å². The molecule has 1 aliphatic carbocycles. The molecule has 0 saturated heterocycles. The van der Waals surface area contributed by atoms with E-state index in [0.29, 0.717) is 60.0 Å². The van der Waals surface area contributed by atoms with Crippen LogP contribution in [0.25, 0.3) is 21.3 Å². The number of rotatable bonds is 15. The maximum Gasteiger partial charge on any atom is 0.406 e. The Balaban J connectivity index is 1.18. The predicted molar refractivity (Wildman–Crippen MR) is 213 cm³/mol. The van der Waals surface area contributed by atoms with Crippen LogP contribution < -0.4 is 14.2 Å². The lowest BCUT2D eigenvalue weighted by Crippen LogP contribution is -2.49. The predicted octanol–water partition coefficient (Wildman–Crippen LogP) is 11.0. The zero-order chi connectivity index (χ0) is 38.6. The number of alkyl halides is 3. The smallest absolute Gasteiger partial charge is 0.406 e. The van der Waals surface area contributed by atoms with E-state index in [0.717, 1.165) is 47.5 Å². The van der Waals surface area contributed by atoms with Gasteiger partial charge in [-0.05, 0) is 84.8 Å². The molecule has 1 aliphatic rings. The second-order valence-corrected chi connectivity index (χ2v) is 15.9. The van der Waals surface area contributed by atoms with E-state index in [1.54, 1.807) is 41.3 Å². The highest BCUT2D eigenvalue weighted by Crippen LogP contribution is 2.53. The van der Waals surface area contributed by atoms with Gasteiger partial charge in [-0.15, -0.1) is 11.3 Å². The molecule has 0 radical (unpaired) electrons. The topological polar surface area (TPSA) is 60.9 Å². The molecule has 6 nitrogen and oxygen atoms in total. The molecule has 0 aliphatic heterocycles. The van der Waals surface area contributed by atoms with Gasteiger partial charge >= 0.3 is 6.18 Å². The highest BCUT2D eigenvalue weighted by atomic mass is 32.2. The van der Waals surface area contributed by atoms with Crippen LogP contribution in [-0.4, -0.2) is 48.0 Å². The Bertz CT molecular complexity index is 2240. The van der Waals surface area contributed by atoms with Crippen molar-refractivity contribution < 1.29 is 32.2 Å². The van der Waals surface area contributed by atoms with Crippen molar-refractivity contribution >= 4 is 39.2 Å². The normalized spacial score (nSPS) is 13.0. The van der Waals surface area contributed by atoms with Crippen LogP contribution >= 0.6 is 23.1 Å². The maximum absolute atomic E-state index is 15.2. The third kappa shape index (κ3) is 8.33. The molecule has 0 bridgehead atoms. The van der Waals surface area contributed by atoms with Crippen LogP contribution in [0.1, 0.15) is 47.6 Å². The summed E-state index contributed by atoms with van der Waals surface area (Å²) in [5.74, 6) is 1.65. The standard InChI is InChI=1S/C44H41F3N2O4S2/c1-4-52-33-20-21-38-40(25-33)55-42(48-38)54-23-9-22-43(36-12-7-5-10-34(36)35-11-6-8-13-37(35)43)41(50)49(28-44(45,46)47)26-31-18-19-32(24-39(31)51-3)53-27-30-16-14-29(2)15-17-30/h5-8,10-21,24-25H,4,9,22-23,26-28H2,1-3H3. The number of aryl methyl sites for hydroxylation is 1. The first kappa shape index (κ1) is 38.3. The summed E-state index contributed by atoms with van der Waals surface area (Å²) in [6, 6.07) is 34.0. The van der Waals surface area contributed by atoms with Gasteiger partial charge in [-0.25, -0.2) is 4.98 Å². The minimum atomic E-state index is -4.65. The van der Waals surface area contributed by atoms with Crippen LogP contribution in [0.3, 0.4) is 0 Å². The summed E-state index contributed by atoms with van der Waals surface area (Å²) in [5.41, 5.74) is 5.24. The number of ether oxygens (including phenoxy) is 3. The largest absolute Gasteiger partial charge is 0.496 e. The molecule has 0 spiro atoms. The van der Waals surface area contributed by atoms with Gasteiger partial charge in [0.25, 0.3) is 0 Å². The number of aromatic nitrogens is 1. The van der Waals surface area contributed by atoms with E-state index in [9.17, 15) is 13.2 Å². The molecule has 284 valence electrons. The highest BCUT2D eigenvalue weighted by molar-refractivity contribution is 8.01. The molecule has 1 aromatic heterocycles. The minimum Gasteiger partial charge on any atom is -0.496 e. The first-order valence-electron chi connectivity index (χ1n) is 18.1. The SMILES string of the molecule is CCOc1ccc2nc(SCCCC3(C(=O)N(Cc4ccc(OCc5ccc(C)cc5)cc4OC)CC(F)(F)F)c4ccccc4-c4ccccc43)sc2c1. The average molecular weight is 783 g/mol. The molecule has 55 heavy (non-hydrogen) atoms. The number of fused-ring (bicyclic) bond motifs is 4. The number of methoxy groups -OCH3 is 1. The van der Waals surface area contributed by atoms with Crippen LogP contribution in [0.15, 0.2) is 114 Å². The minimum absolute atomic E-state index is 0.309. The summed E-state index contributed by atoms with van der Waals surface area (Å²) in [4.78, 5) is 20.9. The van der Waals surface area contributed by atoms with Crippen LogP contribution in [0.5, 0.6) is 17.2 Å². The Labute approximate surface area is 327 Å². The van der Waals surface area contributed by atoms with Crippen LogP contribution in [0.2, 0.25) is 0 Å². The number of thiazole rings is 1. The molecule has 11 heteroatoms. The second-order valence-electron chi connectivity index (χ2n) is 13.5. The van der Waals surface area contributed by atoms with Crippen molar-refractivity contribution in [3.05, 3.63) is 137 Å². The number of carbonyl (C=O) groups is 1. The Morgan fingerprint density at radius 3 is 2.22 bits per heavy atom. The monoisotopic (exact) mass is 782 g/mol. The molecule has 5 aromatic carbocycles. The molecule has 1 amide bonds. The van der Waals surface area contributed by atoms with Gasteiger partial charge < -0.3 is 19.1 Å². The van der Waals surface area contributed by atoms with E-state index in [1.807, 2.05) is 105 Å². The Kier molecular flexibility index (Phi) is 11.4. The fourth-order valence-electron chi connectivity index (χ4n) is 7.32. The molecule has 1 heterocycles. The van der Waals surface area contributed by atoms with Crippen LogP contribution in [0.4, 0.5) is 13.2 Å². The summed E-state index contributed by atoms with van der Waals surface area (Å²) in [6.45, 7) is 3.11. The summed E-state index contributed by atoms with van der Waals surface area (Å²) in [7, 11) is 1.46. The van der Waals surface area contributed by atoms with E-state index in [-0.39, 0.29) is 6.54 Å². The van der Waals surface area contributed by atoms with Crippen molar-refractivity contribution in [2.75, 3.05) is 26.0 Å². The van der Waals surface area contributed by atoms with E-state index >= 15 is 4.79 Å². The van der Waals surface area contributed by atoms with Crippen molar-refractivity contribution in [3.8, 4) is 28.4 Å². The Morgan fingerprint density at radius 1 is 0.873 bits per heavy atom. The van der Waals surface area contributed by atoms with Gasteiger partial charge in [0, 0.05) is 23.9 Å². The Hall–Kier alpha value is -5.00. The molecule has 0 N–H and O–H groups in total. The lowest BCUT2D eigenvalue weighted by Gasteiger charge is -2.37. The van der Waals surface area contributed by atoms with Gasteiger partial charge in [-0.1, -0.05) is 90.1 Å². The fraction of sp³-hybridized carbons (Fsp3) is 0.273. The summed E-state index contributed by atoms with van der Waals surface area (Å²) < 4.78 is 62.7. The van der Waals surface area contributed by atoms with Gasteiger partial charge in [-0.3, -0.25) is 4.79 Å². The average Bonchev–Trinajstić information content (AvgIpc) is 3.72. The van der Waals surface area contributed by atoms with E-state index in [1.165, 1.54) is 7.11 Å². The van der Waals surface area contributed by atoms with Gasteiger partial charge in [0.15, 0.2) is 4.34 Å².